The highest BCUT2D eigenvalue weighted by atomic mass is 35.5. The van der Waals surface area contributed by atoms with Gasteiger partial charge in [0.1, 0.15) is 0 Å². The highest BCUT2D eigenvalue weighted by molar-refractivity contribution is 6.51. The molecule has 2 N–H and O–H groups in total. The Morgan fingerprint density at radius 3 is 2.30 bits per heavy atom. The van der Waals surface area contributed by atoms with E-state index in [1.165, 1.54) is 12.1 Å². The lowest BCUT2D eigenvalue weighted by atomic mass is 9.73. The number of halogens is 2. The van der Waals surface area contributed by atoms with Crippen molar-refractivity contribution in [3.63, 3.8) is 0 Å². The largest absolute Gasteiger partial charge is 0.622 e. The van der Waals surface area contributed by atoms with Crippen molar-refractivity contribution in [3.05, 3.63) is 33.8 Å². The van der Waals surface area contributed by atoms with Crippen LogP contribution in [0, 0.1) is 5.92 Å². The lowest BCUT2D eigenvalue weighted by Crippen LogP contribution is -2.54. The Balaban J connectivity index is 2.05. The summed E-state index contributed by atoms with van der Waals surface area (Å²) in [5.74, 6) is -2.87. The summed E-state index contributed by atoms with van der Waals surface area (Å²) < 4.78 is 10.8. The molecule has 1 aromatic rings. The Morgan fingerprint density at radius 1 is 1.12 bits per heavy atom. The Bertz CT molecular complexity index is 864. The molecular formula is C21H28BCl2N3O6. The average molecular weight is 500 g/mol. The maximum atomic E-state index is 12.6. The Kier molecular flexibility index (Phi) is 10.5. The normalized spacial score (nSPS) is 16.6. The molecule has 2 rings (SSSR count). The van der Waals surface area contributed by atoms with Gasteiger partial charge in [-0.05, 0) is 37.6 Å². The molecule has 0 spiro atoms. The SMILES string of the molecule is CC(C)CC(NC(=O)CNC(=O)c1cc(Cl)ccc1Cl)B1OC(=O)CCN(C)CCC(=O)O1. The van der Waals surface area contributed by atoms with E-state index in [0.29, 0.717) is 24.5 Å². The fraction of sp³-hybridized carbons (Fsp3) is 0.524. The van der Waals surface area contributed by atoms with Gasteiger partial charge in [0.15, 0.2) is 0 Å². The summed E-state index contributed by atoms with van der Waals surface area (Å²) in [7, 11) is 0.532. The number of amides is 2. The number of nitrogens with one attached hydrogen (secondary N) is 2. The molecule has 0 aromatic heterocycles. The van der Waals surface area contributed by atoms with E-state index in [1.807, 2.05) is 18.7 Å². The second-order valence-corrected chi connectivity index (χ2v) is 9.11. The van der Waals surface area contributed by atoms with Crippen molar-refractivity contribution < 1.29 is 28.5 Å². The van der Waals surface area contributed by atoms with E-state index in [1.54, 1.807) is 13.1 Å². The summed E-state index contributed by atoms with van der Waals surface area (Å²) in [6, 6.07) is 4.43. The number of benzene rings is 1. The van der Waals surface area contributed by atoms with E-state index in [2.05, 4.69) is 10.6 Å². The van der Waals surface area contributed by atoms with Crippen LogP contribution in [-0.4, -0.2) is 68.4 Å². The first-order valence-corrected chi connectivity index (χ1v) is 11.4. The summed E-state index contributed by atoms with van der Waals surface area (Å²) >= 11 is 11.9. The van der Waals surface area contributed by atoms with E-state index < -0.39 is 36.8 Å². The van der Waals surface area contributed by atoms with Crippen LogP contribution in [0.25, 0.3) is 0 Å². The van der Waals surface area contributed by atoms with Gasteiger partial charge in [-0.15, -0.1) is 0 Å². The number of hydrogen-bond acceptors (Lipinski definition) is 7. The van der Waals surface area contributed by atoms with Crippen molar-refractivity contribution in [3.8, 4) is 0 Å². The summed E-state index contributed by atoms with van der Waals surface area (Å²) in [5.41, 5.74) is 0.135. The molecule has 12 heteroatoms. The number of rotatable bonds is 7. The maximum absolute atomic E-state index is 12.6. The summed E-state index contributed by atoms with van der Waals surface area (Å²) in [6.07, 6.45) is 0.637. The molecule has 0 aliphatic carbocycles. The molecule has 1 atom stereocenters. The standard InChI is InChI=1S/C21H28BCl2N3O6/c1-13(2)10-17(22-32-19(29)6-8-27(3)9-7-20(30)33-22)26-18(28)12-25-21(31)15-11-14(23)4-5-16(15)24/h4-5,11,13,17H,6-10,12H2,1-3H3,(H,25,31)(H,26,28). The molecule has 2 amide bonds. The molecule has 1 heterocycles. The topological polar surface area (TPSA) is 114 Å². The zero-order valence-electron chi connectivity index (χ0n) is 18.9. The number of nitrogens with zero attached hydrogens (tertiary/aromatic N) is 1. The third-order valence-corrected chi connectivity index (χ3v) is 5.44. The van der Waals surface area contributed by atoms with Gasteiger partial charge in [0.25, 0.3) is 17.8 Å². The van der Waals surface area contributed by atoms with Crippen molar-refractivity contribution in [2.45, 2.75) is 39.1 Å². The van der Waals surface area contributed by atoms with Crippen molar-refractivity contribution >= 4 is 54.1 Å². The van der Waals surface area contributed by atoms with Gasteiger partial charge < -0.3 is 24.8 Å². The monoisotopic (exact) mass is 499 g/mol. The first-order chi connectivity index (χ1) is 15.5. The predicted molar refractivity (Wildman–Crippen MR) is 125 cm³/mol. The Labute approximate surface area is 203 Å². The first-order valence-electron chi connectivity index (χ1n) is 10.6. The Morgan fingerprint density at radius 2 is 1.73 bits per heavy atom. The van der Waals surface area contributed by atoms with Crippen LogP contribution in [0.1, 0.15) is 43.5 Å². The minimum Gasteiger partial charge on any atom is -0.498 e. The fourth-order valence-electron chi connectivity index (χ4n) is 3.17. The molecule has 1 aliphatic heterocycles. The average Bonchev–Trinajstić information content (AvgIpc) is 2.74. The molecule has 1 saturated heterocycles. The van der Waals surface area contributed by atoms with Crippen molar-refractivity contribution in [2.75, 3.05) is 26.7 Å². The van der Waals surface area contributed by atoms with Crippen LogP contribution in [0.5, 0.6) is 0 Å². The molecule has 0 saturated carbocycles. The van der Waals surface area contributed by atoms with Crippen LogP contribution < -0.4 is 10.6 Å². The van der Waals surface area contributed by atoms with E-state index in [4.69, 9.17) is 32.5 Å². The molecule has 9 nitrogen and oxygen atoms in total. The van der Waals surface area contributed by atoms with Crippen molar-refractivity contribution in [2.24, 2.45) is 5.92 Å². The number of hydrogen-bond donors (Lipinski definition) is 2. The summed E-state index contributed by atoms with van der Waals surface area (Å²) in [5, 5.41) is 5.71. The van der Waals surface area contributed by atoms with Gasteiger partial charge in [-0.2, -0.15) is 0 Å². The highest BCUT2D eigenvalue weighted by Crippen LogP contribution is 2.20. The van der Waals surface area contributed by atoms with Gasteiger partial charge in [-0.3, -0.25) is 19.2 Å². The second kappa shape index (κ2) is 12.8. The van der Waals surface area contributed by atoms with Crippen LogP contribution in [0.15, 0.2) is 18.2 Å². The Hall–Kier alpha value is -2.30. The van der Waals surface area contributed by atoms with Crippen LogP contribution in [0.2, 0.25) is 10.0 Å². The van der Waals surface area contributed by atoms with Crippen LogP contribution in [-0.2, 0) is 23.7 Å². The maximum Gasteiger partial charge on any atom is 0.622 e. The van der Waals surface area contributed by atoms with Gasteiger partial charge in [0.2, 0.25) is 5.91 Å². The molecule has 0 bridgehead atoms. The van der Waals surface area contributed by atoms with Gasteiger partial charge in [-0.1, -0.05) is 37.0 Å². The molecule has 1 aromatic carbocycles. The summed E-state index contributed by atoms with van der Waals surface area (Å²) in [4.78, 5) is 51.3. The minimum absolute atomic E-state index is 0.0918. The third-order valence-electron chi connectivity index (χ3n) is 4.87. The lowest BCUT2D eigenvalue weighted by molar-refractivity contribution is -0.142. The molecule has 180 valence electrons. The zero-order chi connectivity index (χ0) is 24.5. The first kappa shape index (κ1) is 27.0. The quantitative estimate of drug-likeness (QED) is 0.552. The minimum atomic E-state index is -1.27. The van der Waals surface area contributed by atoms with Gasteiger partial charge in [-0.25, -0.2) is 0 Å². The van der Waals surface area contributed by atoms with Gasteiger partial charge in [0, 0.05) is 18.1 Å². The number of carbonyl (C=O) groups excluding carboxylic acids is 4. The smallest absolute Gasteiger partial charge is 0.498 e. The zero-order valence-corrected chi connectivity index (χ0v) is 20.4. The summed E-state index contributed by atoms with van der Waals surface area (Å²) in [6.45, 7) is 4.35. The molecule has 1 aliphatic rings. The molecule has 33 heavy (non-hydrogen) atoms. The molecule has 1 unspecified atom stereocenters. The third kappa shape index (κ3) is 9.23. The van der Waals surface area contributed by atoms with Gasteiger partial charge >= 0.3 is 7.12 Å². The van der Waals surface area contributed by atoms with Gasteiger partial charge in [0.05, 0.1) is 35.9 Å². The van der Waals surface area contributed by atoms with Crippen LogP contribution in [0.4, 0.5) is 0 Å². The van der Waals surface area contributed by atoms with E-state index >= 15 is 0 Å². The van der Waals surface area contributed by atoms with Crippen LogP contribution >= 0.6 is 23.2 Å². The second-order valence-electron chi connectivity index (χ2n) is 8.26. The fourth-order valence-corrected chi connectivity index (χ4v) is 3.55. The van der Waals surface area contributed by atoms with Crippen molar-refractivity contribution in [1.29, 1.82) is 0 Å². The number of carbonyl (C=O) groups is 4. The molecule has 1 fully saturated rings. The molecule has 0 radical (unpaired) electrons. The van der Waals surface area contributed by atoms with E-state index in [0.717, 1.165) is 0 Å². The lowest BCUT2D eigenvalue weighted by Gasteiger charge is -2.27. The predicted octanol–water partition coefficient (Wildman–Crippen LogP) is 2.09. The highest BCUT2D eigenvalue weighted by Gasteiger charge is 2.39. The van der Waals surface area contributed by atoms with E-state index in [-0.39, 0.29) is 35.9 Å². The van der Waals surface area contributed by atoms with Crippen LogP contribution in [0.3, 0.4) is 0 Å². The molecular weight excluding hydrogens is 472 g/mol. The van der Waals surface area contributed by atoms with E-state index in [9.17, 15) is 19.2 Å². The van der Waals surface area contributed by atoms with Crippen molar-refractivity contribution in [1.82, 2.24) is 15.5 Å².